The number of hydrogen-bond acceptors (Lipinski definition) is 4. The normalized spacial score (nSPS) is 14.1. The van der Waals surface area contributed by atoms with Crippen LogP contribution in [0.15, 0.2) is 24.3 Å². The number of esters is 1. The van der Waals surface area contributed by atoms with E-state index in [4.69, 9.17) is 4.74 Å². The lowest BCUT2D eigenvalue weighted by Crippen LogP contribution is -2.35. The summed E-state index contributed by atoms with van der Waals surface area (Å²) in [6.45, 7) is 6.15. The highest BCUT2D eigenvalue weighted by Gasteiger charge is 2.28. The van der Waals surface area contributed by atoms with Crippen molar-refractivity contribution in [2.75, 3.05) is 18.6 Å². The predicted molar refractivity (Wildman–Crippen MR) is 84.8 cm³/mol. The fourth-order valence-electron chi connectivity index (χ4n) is 2.26. The van der Waals surface area contributed by atoms with Crippen LogP contribution in [0.2, 0.25) is 0 Å². The SMILES string of the molecule is COC(=O)C=Cc1ccc2c(c1)CCN2C(=O)OC(C)(C)C. The summed E-state index contributed by atoms with van der Waals surface area (Å²) in [7, 11) is 1.34. The lowest BCUT2D eigenvalue weighted by atomic mass is 10.1. The number of hydrogen-bond donors (Lipinski definition) is 0. The molecule has 0 bridgehead atoms. The molecule has 118 valence electrons. The molecule has 0 N–H and O–H groups in total. The smallest absolute Gasteiger partial charge is 0.414 e. The van der Waals surface area contributed by atoms with Gasteiger partial charge in [0.2, 0.25) is 0 Å². The van der Waals surface area contributed by atoms with Crippen molar-refractivity contribution in [1.82, 2.24) is 0 Å². The van der Waals surface area contributed by atoms with Crippen molar-refractivity contribution in [1.29, 1.82) is 0 Å². The first kappa shape index (κ1) is 16.1. The highest BCUT2D eigenvalue weighted by atomic mass is 16.6. The Morgan fingerprint density at radius 3 is 2.64 bits per heavy atom. The van der Waals surface area contributed by atoms with Gasteiger partial charge in [0, 0.05) is 12.6 Å². The number of carbonyl (C=O) groups is 2. The van der Waals surface area contributed by atoms with Crippen LogP contribution in [0.25, 0.3) is 6.08 Å². The second-order valence-electron chi connectivity index (χ2n) is 6.13. The molecular weight excluding hydrogens is 282 g/mol. The summed E-state index contributed by atoms with van der Waals surface area (Å²) in [4.78, 5) is 25.0. The van der Waals surface area contributed by atoms with Crippen LogP contribution >= 0.6 is 0 Å². The number of rotatable bonds is 2. The Hall–Kier alpha value is -2.30. The van der Waals surface area contributed by atoms with Crippen molar-refractivity contribution in [3.05, 3.63) is 35.4 Å². The van der Waals surface area contributed by atoms with Crippen LogP contribution < -0.4 is 4.90 Å². The molecule has 1 aliphatic heterocycles. The molecule has 5 nitrogen and oxygen atoms in total. The van der Waals surface area contributed by atoms with Gasteiger partial charge < -0.3 is 9.47 Å². The van der Waals surface area contributed by atoms with E-state index in [-0.39, 0.29) is 6.09 Å². The summed E-state index contributed by atoms with van der Waals surface area (Å²) in [6, 6.07) is 5.71. The molecule has 22 heavy (non-hydrogen) atoms. The average molecular weight is 303 g/mol. The Bertz CT molecular complexity index is 614. The predicted octanol–water partition coefficient (Wildman–Crippen LogP) is 3.17. The van der Waals surface area contributed by atoms with E-state index in [2.05, 4.69) is 4.74 Å². The van der Waals surface area contributed by atoms with Gasteiger partial charge in [-0.25, -0.2) is 9.59 Å². The minimum atomic E-state index is -0.511. The number of amides is 1. The zero-order chi connectivity index (χ0) is 16.3. The van der Waals surface area contributed by atoms with Crippen molar-refractivity contribution in [3.63, 3.8) is 0 Å². The van der Waals surface area contributed by atoms with E-state index < -0.39 is 11.6 Å². The summed E-state index contributed by atoms with van der Waals surface area (Å²) in [5.74, 6) is -0.393. The molecule has 0 saturated carbocycles. The van der Waals surface area contributed by atoms with Crippen LogP contribution in [-0.4, -0.2) is 31.3 Å². The number of ether oxygens (including phenoxy) is 2. The van der Waals surface area contributed by atoms with Gasteiger partial charge in [-0.15, -0.1) is 0 Å². The van der Waals surface area contributed by atoms with Gasteiger partial charge in [0.1, 0.15) is 5.60 Å². The minimum Gasteiger partial charge on any atom is -0.466 e. The molecule has 0 atom stereocenters. The van der Waals surface area contributed by atoms with E-state index in [0.717, 1.165) is 23.2 Å². The zero-order valence-corrected chi connectivity index (χ0v) is 13.4. The van der Waals surface area contributed by atoms with Gasteiger partial charge >= 0.3 is 12.1 Å². The summed E-state index contributed by atoms with van der Waals surface area (Å²) >= 11 is 0. The van der Waals surface area contributed by atoms with E-state index in [1.165, 1.54) is 13.2 Å². The van der Waals surface area contributed by atoms with Gasteiger partial charge in [-0.1, -0.05) is 6.07 Å². The van der Waals surface area contributed by atoms with E-state index in [0.29, 0.717) is 6.54 Å². The first-order valence-electron chi connectivity index (χ1n) is 7.19. The monoisotopic (exact) mass is 303 g/mol. The van der Waals surface area contributed by atoms with Crippen LogP contribution in [0.3, 0.4) is 0 Å². The first-order valence-corrected chi connectivity index (χ1v) is 7.19. The third kappa shape index (κ3) is 3.87. The fraction of sp³-hybridized carbons (Fsp3) is 0.412. The maximum atomic E-state index is 12.2. The molecule has 2 rings (SSSR count). The number of methoxy groups -OCH3 is 1. The summed E-state index contributed by atoms with van der Waals surface area (Å²) < 4.78 is 9.98. The number of fused-ring (bicyclic) bond motifs is 1. The summed E-state index contributed by atoms with van der Waals surface area (Å²) in [5, 5.41) is 0. The minimum absolute atomic E-state index is 0.330. The summed E-state index contributed by atoms with van der Waals surface area (Å²) in [6.07, 6.45) is 3.52. The van der Waals surface area contributed by atoms with Gasteiger partial charge in [0.05, 0.1) is 12.8 Å². The van der Waals surface area contributed by atoms with Gasteiger partial charge in [-0.3, -0.25) is 4.90 Å². The van der Waals surface area contributed by atoms with Crippen molar-refractivity contribution in [2.24, 2.45) is 0 Å². The van der Waals surface area contributed by atoms with Crippen LogP contribution in [-0.2, 0) is 20.7 Å². The molecule has 1 aromatic rings. The second kappa shape index (κ2) is 6.22. The Morgan fingerprint density at radius 2 is 2.00 bits per heavy atom. The first-order chi connectivity index (χ1) is 10.3. The quantitative estimate of drug-likeness (QED) is 0.622. The summed E-state index contributed by atoms with van der Waals surface area (Å²) in [5.41, 5.74) is 2.32. The molecule has 0 saturated heterocycles. The van der Waals surface area contributed by atoms with Crippen LogP contribution in [0.1, 0.15) is 31.9 Å². The molecule has 0 fully saturated rings. The number of nitrogens with zero attached hydrogens (tertiary/aromatic N) is 1. The van der Waals surface area contributed by atoms with Gasteiger partial charge in [-0.2, -0.15) is 0 Å². The number of anilines is 1. The number of carbonyl (C=O) groups excluding carboxylic acids is 2. The Labute approximate surface area is 130 Å². The standard InChI is InChI=1S/C17H21NO4/c1-17(2,3)22-16(20)18-10-9-13-11-12(5-7-14(13)18)6-8-15(19)21-4/h5-8,11H,9-10H2,1-4H3. The highest BCUT2D eigenvalue weighted by molar-refractivity contribution is 5.91. The molecular formula is C17H21NO4. The third-order valence-electron chi connectivity index (χ3n) is 3.23. The van der Waals surface area contributed by atoms with E-state index in [1.807, 2.05) is 39.0 Å². The highest BCUT2D eigenvalue weighted by Crippen LogP contribution is 2.30. The molecule has 0 radical (unpaired) electrons. The fourth-order valence-corrected chi connectivity index (χ4v) is 2.26. The molecule has 1 aliphatic rings. The molecule has 0 spiro atoms. The number of benzene rings is 1. The van der Waals surface area contributed by atoms with Gasteiger partial charge in [-0.05, 0) is 56.5 Å². The molecule has 5 heteroatoms. The zero-order valence-electron chi connectivity index (χ0n) is 13.4. The molecule has 1 heterocycles. The van der Waals surface area contributed by atoms with Crippen molar-refractivity contribution < 1.29 is 19.1 Å². The van der Waals surface area contributed by atoms with Crippen molar-refractivity contribution in [2.45, 2.75) is 32.8 Å². The van der Waals surface area contributed by atoms with E-state index >= 15 is 0 Å². The van der Waals surface area contributed by atoms with Crippen molar-refractivity contribution >= 4 is 23.8 Å². The molecule has 0 aromatic heterocycles. The average Bonchev–Trinajstić information content (AvgIpc) is 2.86. The largest absolute Gasteiger partial charge is 0.466 e. The Balaban J connectivity index is 2.15. The lowest BCUT2D eigenvalue weighted by Gasteiger charge is -2.24. The van der Waals surface area contributed by atoms with Crippen LogP contribution in [0.5, 0.6) is 0 Å². The van der Waals surface area contributed by atoms with Crippen LogP contribution in [0.4, 0.5) is 10.5 Å². The molecule has 1 aromatic carbocycles. The molecule has 0 aliphatic carbocycles. The van der Waals surface area contributed by atoms with E-state index in [1.54, 1.807) is 11.0 Å². The second-order valence-corrected chi connectivity index (χ2v) is 6.13. The Morgan fingerprint density at radius 1 is 1.27 bits per heavy atom. The molecule has 0 unspecified atom stereocenters. The lowest BCUT2D eigenvalue weighted by molar-refractivity contribution is -0.134. The van der Waals surface area contributed by atoms with Gasteiger partial charge in [0.15, 0.2) is 0 Å². The molecule has 1 amide bonds. The maximum absolute atomic E-state index is 12.2. The Kier molecular flexibility index (Phi) is 4.54. The van der Waals surface area contributed by atoms with E-state index in [9.17, 15) is 9.59 Å². The third-order valence-corrected chi connectivity index (χ3v) is 3.23. The topological polar surface area (TPSA) is 55.8 Å². The maximum Gasteiger partial charge on any atom is 0.414 e. The van der Waals surface area contributed by atoms with Gasteiger partial charge in [0.25, 0.3) is 0 Å². The van der Waals surface area contributed by atoms with Crippen LogP contribution in [0, 0.1) is 0 Å². The van der Waals surface area contributed by atoms with Crippen molar-refractivity contribution in [3.8, 4) is 0 Å².